The van der Waals surface area contributed by atoms with E-state index in [2.05, 4.69) is 21.2 Å². The van der Waals surface area contributed by atoms with E-state index < -0.39 is 11.9 Å². The maximum atomic E-state index is 12.6. The van der Waals surface area contributed by atoms with Gasteiger partial charge < -0.3 is 15.0 Å². The molecule has 2 aromatic rings. The van der Waals surface area contributed by atoms with Gasteiger partial charge in [-0.05, 0) is 40.2 Å². The summed E-state index contributed by atoms with van der Waals surface area (Å²) in [6.45, 7) is 0.285. The lowest BCUT2D eigenvalue weighted by molar-refractivity contribution is -0.122. The molecule has 2 aromatic carbocycles. The minimum atomic E-state index is -0.529. The molecule has 0 radical (unpaired) electrons. The van der Waals surface area contributed by atoms with Crippen molar-refractivity contribution in [3.05, 3.63) is 58.6 Å². The number of ether oxygens (including phenoxy) is 1. The highest BCUT2D eigenvalue weighted by Gasteiger charge is 2.36. The summed E-state index contributed by atoms with van der Waals surface area (Å²) in [6, 6.07) is 14.0. The molecule has 1 atom stereocenters. The molecule has 1 heterocycles. The monoisotopic (exact) mass is 416 g/mol. The SMILES string of the molecule is COC(=O)c1ccccc1NC(=O)C1CC(=O)N(c2ccccc2Br)C1. The zero-order valence-corrected chi connectivity index (χ0v) is 15.7. The smallest absolute Gasteiger partial charge is 0.339 e. The number of anilines is 2. The number of nitrogens with one attached hydrogen (secondary N) is 1. The summed E-state index contributed by atoms with van der Waals surface area (Å²) in [5.74, 6) is -1.44. The average molecular weight is 417 g/mol. The summed E-state index contributed by atoms with van der Waals surface area (Å²) in [4.78, 5) is 38.4. The van der Waals surface area contributed by atoms with Gasteiger partial charge >= 0.3 is 5.97 Å². The van der Waals surface area contributed by atoms with E-state index in [0.717, 1.165) is 10.2 Å². The molecular formula is C19H17BrN2O4. The molecule has 0 aliphatic carbocycles. The number of para-hydroxylation sites is 2. The van der Waals surface area contributed by atoms with Crippen molar-refractivity contribution >= 4 is 45.1 Å². The van der Waals surface area contributed by atoms with Gasteiger partial charge in [0.2, 0.25) is 11.8 Å². The highest BCUT2D eigenvalue weighted by Crippen LogP contribution is 2.31. The van der Waals surface area contributed by atoms with Crippen molar-refractivity contribution in [3.8, 4) is 0 Å². The van der Waals surface area contributed by atoms with Crippen LogP contribution in [-0.4, -0.2) is 31.4 Å². The third-order valence-electron chi connectivity index (χ3n) is 4.23. The minimum Gasteiger partial charge on any atom is -0.465 e. The number of rotatable bonds is 4. The van der Waals surface area contributed by atoms with Crippen LogP contribution in [0, 0.1) is 5.92 Å². The lowest BCUT2D eigenvalue weighted by Crippen LogP contribution is -2.28. The zero-order valence-electron chi connectivity index (χ0n) is 14.1. The number of nitrogens with zero attached hydrogens (tertiary/aromatic N) is 1. The standard InChI is InChI=1S/C19H17BrN2O4/c1-26-19(25)13-6-2-4-8-15(13)21-18(24)12-10-17(23)22(11-12)16-9-5-3-7-14(16)20/h2-9,12H,10-11H2,1H3,(H,21,24). The van der Waals surface area contributed by atoms with E-state index in [1.807, 2.05) is 24.3 Å². The van der Waals surface area contributed by atoms with Crippen LogP contribution in [0.2, 0.25) is 0 Å². The summed E-state index contributed by atoms with van der Waals surface area (Å²) < 4.78 is 5.53. The molecule has 0 saturated carbocycles. The summed E-state index contributed by atoms with van der Waals surface area (Å²) in [7, 11) is 1.28. The summed E-state index contributed by atoms with van der Waals surface area (Å²) in [5.41, 5.74) is 1.38. The van der Waals surface area contributed by atoms with Gasteiger partial charge in [-0.1, -0.05) is 24.3 Å². The second-order valence-corrected chi connectivity index (χ2v) is 6.74. The first-order chi connectivity index (χ1) is 12.5. The second-order valence-electron chi connectivity index (χ2n) is 5.88. The Kier molecular flexibility index (Phi) is 5.37. The maximum absolute atomic E-state index is 12.6. The van der Waals surface area contributed by atoms with Gasteiger partial charge in [-0.25, -0.2) is 4.79 Å². The molecule has 3 rings (SSSR count). The van der Waals surface area contributed by atoms with Gasteiger partial charge in [-0.2, -0.15) is 0 Å². The Bertz CT molecular complexity index is 868. The fraction of sp³-hybridized carbons (Fsp3) is 0.211. The molecule has 1 aliphatic rings. The molecule has 26 heavy (non-hydrogen) atoms. The van der Waals surface area contributed by atoms with E-state index in [-0.39, 0.29) is 30.3 Å². The third kappa shape index (κ3) is 3.62. The number of hydrogen-bond donors (Lipinski definition) is 1. The Morgan fingerprint density at radius 1 is 1.15 bits per heavy atom. The number of halogens is 1. The highest BCUT2D eigenvalue weighted by molar-refractivity contribution is 9.10. The van der Waals surface area contributed by atoms with Crippen molar-refractivity contribution < 1.29 is 19.1 Å². The van der Waals surface area contributed by atoms with Crippen molar-refractivity contribution in [1.82, 2.24) is 0 Å². The average Bonchev–Trinajstić information content (AvgIpc) is 3.03. The maximum Gasteiger partial charge on any atom is 0.339 e. The van der Waals surface area contributed by atoms with E-state index in [1.165, 1.54) is 7.11 Å². The van der Waals surface area contributed by atoms with E-state index in [0.29, 0.717) is 5.69 Å². The van der Waals surface area contributed by atoms with Crippen molar-refractivity contribution in [1.29, 1.82) is 0 Å². The lowest BCUT2D eigenvalue weighted by Gasteiger charge is -2.18. The van der Waals surface area contributed by atoms with Gasteiger partial charge in [-0.3, -0.25) is 9.59 Å². The first-order valence-electron chi connectivity index (χ1n) is 8.04. The summed E-state index contributed by atoms with van der Waals surface area (Å²) >= 11 is 3.43. The van der Waals surface area contributed by atoms with Crippen molar-refractivity contribution in [2.24, 2.45) is 5.92 Å². The van der Waals surface area contributed by atoms with E-state index in [4.69, 9.17) is 4.74 Å². The molecule has 1 saturated heterocycles. The Hall–Kier alpha value is -2.67. The molecule has 0 aromatic heterocycles. The van der Waals surface area contributed by atoms with Crippen LogP contribution in [0.25, 0.3) is 0 Å². The molecular weight excluding hydrogens is 400 g/mol. The predicted octanol–water partition coefficient (Wildman–Crippen LogP) is 3.23. The van der Waals surface area contributed by atoms with Gasteiger partial charge in [-0.15, -0.1) is 0 Å². The van der Waals surface area contributed by atoms with Crippen LogP contribution in [-0.2, 0) is 14.3 Å². The van der Waals surface area contributed by atoms with Crippen LogP contribution >= 0.6 is 15.9 Å². The second kappa shape index (κ2) is 7.70. The molecule has 6 nitrogen and oxygen atoms in total. The Labute approximate surface area is 159 Å². The van der Waals surface area contributed by atoms with Crippen LogP contribution in [0.4, 0.5) is 11.4 Å². The minimum absolute atomic E-state index is 0.113. The number of methoxy groups -OCH3 is 1. The van der Waals surface area contributed by atoms with Gasteiger partial charge in [0.15, 0.2) is 0 Å². The summed E-state index contributed by atoms with van der Waals surface area (Å²) in [6.07, 6.45) is 0.119. The number of amides is 2. The number of carbonyl (C=O) groups is 3. The Morgan fingerprint density at radius 2 is 1.85 bits per heavy atom. The Morgan fingerprint density at radius 3 is 2.58 bits per heavy atom. The van der Waals surface area contributed by atoms with E-state index in [1.54, 1.807) is 29.2 Å². The molecule has 1 fully saturated rings. The van der Waals surface area contributed by atoms with Gasteiger partial charge in [0.05, 0.1) is 30.0 Å². The molecule has 2 amide bonds. The van der Waals surface area contributed by atoms with Crippen LogP contribution in [0.1, 0.15) is 16.8 Å². The predicted molar refractivity (Wildman–Crippen MR) is 101 cm³/mol. The molecule has 1 aliphatic heterocycles. The number of benzene rings is 2. The first kappa shape index (κ1) is 18.1. The van der Waals surface area contributed by atoms with Crippen molar-refractivity contribution in [2.75, 3.05) is 23.9 Å². The molecule has 1 unspecified atom stereocenters. The van der Waals surface area contributed by atoms with Crippen LogP contribution in [0.3, 0.4) is 0 Å². The van der Waals surface area contributed by atoms with E-state index in [9.17, 15) is 14.4 Å². The normalized spacial score (nSPS) is 16.5. The first-order valence-corrected chi connectivity index (χ1v) is 8.83. The van der Waals surface area contributed by atoms with E-state index >= 15 is 0 Å². The topological polar surface area (TPSA) is 75.7 Å². The lowest BCUT2D eigenvalue weighted by atomic mass is 10.1. The molecule has 0 spiro atoms. The van der Waals surface area contributed by atoms with Crippen molar-refractivity contribution in [3.63, 3.8) is 0 Å². The van der Waals surface area contributed by atoms with Crippen LogP contribution in [0.5, 0.6) is 0 Å². The van der Waals surface area contributed by atoms with Crippen LogP contribution in [0.15, 0.2) is 53.0 Å². The van der Waals surface area contributed by atoms with Gasteiger partial charge in [0.1, 0.15) is 0 Å². The number of esters is 1. The molecule has 0 bridgehead atoms. The number of hydrogen-bond acceptors (Lipinski definition) is 4. The molecule has 7 heteroatoms. The summed E-state index contributed by atoms with van der Waals surface area (Å²) in [5, 5.41) is 2.74. The third-order valence-corrected chi connectivity index (χ3v) is 4.90. The largest absolute Gasteiger partial charge is 0.465 e. The zero-order chi connectivity index (χ0) is 18.7. The Balaban J connectivity index is 1.76. The quantitative estimate of drug-likeness (QED) is 0.776. The molecule has 1 N–H and O–H groups in total. The van der Waals surface area contributed by atoms with Gasteiger partial charge in [0.25, 0.3) is 0 Å². The van der Waals surface area contributed by atoms with Crippen LogP contribution < -0.4 is 10.2 Å². The number of carbonyl (C=O) groups excluding carboxylic acids is 3. The fourth-order valence-corrected chi connectivity index (χ4v) is 3.40. The fourth-order valence-electron chi connectivity index (χ4n) is 2.90. The van der Waals surface area contributed by atoms with Gasteiger partial charge in [0, 0.05) is 17.4 Å². The van der Waals surface area contributed by atoms with Crippen molar-refractivity contribution in [2.45, 2.75) is 6.42 Å². The molecule has 134 valence electrons. The highest BCUT2D eigenvalue weighted by atomic mass is 79.9.